The highest BCUT2D eigenvalue weighted by molar-refractivity contribution is 5.41. The van der Waals surface area contributed by atoms with Crippen molar-refractivity contribution in [3.05, 3.63) is 47.5 Å². The van der Waals surface area contributed by atoms with Gasteiger partial charge in [0.2, 0.25) is 0 Å². The molecule has 0 saturated heterocycles. The average molecular weight is 287 g/mol. The molecule has 0 aliphatic heterocycles. The molecule has 0 saturated carbocycles. The molecule has 1 atom stereocenters. The monoisotopic (exact) mass is 287 g/mol. The van der Waals surface area contributed by atoms with Crippen molar-refractivity contribution in [2.45, 2.75) is 25.6 Å². The SMILES string of the molecule is CC(N)Cc1cc(F)ccc1-n1ccc(C(F)(F)F)n1. The second-order valence-electron chi connectivity index (χ2n) is 4.60. The first kappa shape index (κ1) is 14.5. The van der Waals surface area contributed by atoms with E-state index in [1.54, 1.807) is 6.92 Å². The fourth-order valence-electron chi connectivity index (χ4n) is 1.90. The zero-order valence-electron chi connectivity index (χ0n) is 10.7. The van der Waals surface area contributed by atoms with Crippen LogP contribution < -0.4 is 5.73 Å². The zero-order valence-corrected chi connectivity index (χ0v) is 10.7. The number of rotatable bonds is 3. The molecular formula is C13H13F4N3. The molecule has 20 heavy (non-hydrogen) atoms. The van der Waals surface area contributed by atoms with Gasteiger partial charge in [0.05, 0.1) is 5.69 Å². The van der Waals surface area contributed by atoms with Gasteiger partial charge in [-0.1, -0.05) is 0 Å². The predicted molar refractivity (Wildman–Crippen MR) is 65.9 cm³/mol. The van der Waals surface area contributed by atoms with Crippen LogP contribution in [0.15, 0.2) is 30.5 Å². The van der Waals surface area contributed by atoms with Crippen LogP contribution in [0.3, 0.4) is 0 Å². The fraction of sp³-hybridized carbons (Fsp3) is 0.308. The Bertz CT molecular complexity index is 602. The van der Waals surface area contributed by atoms with Crippen molar-refractivity contribution in [1.29, 1.82) is 0 Å². The van der Waals surface area contributed by atoms with Crippen molar-refractivity contribution < 1.29 is 17.6 Å². The standard InChI is InChI=1S/C13H13F4N3/c1-8(18)6-9-7-10(14)2-3-11(9)20-5-4-12(19-20)13(15,16)17/h2-5,7-8H,6,18H2,1H3. The van der Waals surface area contributed by atoms with Crippen LogP contribution >= 0.6 is 0 Å². The third-order valence-electron chi connectivity index (χ3n) is 2.71. The van der Waals surface area contributed by atoms with Crippen LogP contribution in [-0.2, 0) is 12.6 Å². The number of alkyl halides is 3. The van der Waals surface area contributed by atoms with E-state index in [1.807, 2.05) is 0 Å². The van der Waals surface area contributed by atoms with Gasteiger partial charge in [-0.15, -0.1) is 0 Å². The van der Waals surface area contributed by atoms with Crippen molar-refractivity contribution in [1.82, 2.24) is 9.78 Å². The van der Waals surface area contributed by atoms with E-state index in [1.165, 1.54) is 24.4 Å². The van der Waals surface area contributed by atoms with Gasteiger partial charge >= 0.3 is 6.18 Å². The molecule has 1 aromatic heterocycles. The molecule has 0 fully saturated rings. The number of aromatic nitrogens is 2. The molecule has 0 amide bonds. The molecule has 2 rings (SSSR count). The summed E-state index contributed by atoms with van der Waals surface area (Å²) in [5.74, 6) is -0.465. The second-order valence-corrected chi connectivity index (χ2v) is 4.60. The molecule has 108 valence electrons. The topological polar surface area (TPSA) is 43.8 Å². The molecule has 0 bridgehead atoms. The van der Waals surface area contributed by atoms with Gasteiger partial charge in [0.15, 0.2) is 5.69 Å². The van der Waals surface area contributed by atoms with E-state index in [0.717, 1.165) is 10.7 Å². The zero-order chi connectivity index (χ0) is 14.9. The molecule has 0 aliphatic carbocycles. The van der Waals surface area contributed by atoms with Crippen LogP contribution in [0.1, 0.15) is 18.2 Å². The lowest BCUT2D eigenvalue weighted by Crippen LogP contribution is -2.19. The normalized spacial score (nSPS) is 13.5. The minimum absolute atomic E-state index is 0.242. The second kappa shape index (κ2) is 5.24. The Kier molecular flexibility index (Phi) is 3.80. The van der Waals surface area contributed by atoms with Gasteiger partial charge in [0.1, 0.15) is 5.82 Å². The summed E-state index contributed by atoms with van der Waals surface area (Å²) in [6, 6.07) is 4.45. The van der Waals surface area contributed by atoms with E-state index in [-0.39, 0.29) is 6.04 Å². The largest absolute Gasteiger partial charge is 0.435 e. The summed E-state index contributed by atoms with van der Waals surface area (Å²) in [5.41, 5.74) is 5.57. The molecule has 2 aromatic rings. The van der Waals surface area contributed by atoms with Crippen molar-refractivity contribution in [3.8, 4) is 5.69 Å². The lowest BCUT2D eigenvalue weighted by Gasteiger charge is -2.12. The molecule has 0 radical (unpaired) electrons. The smallest absolute Gasteiger partial charge is 0.328 e. The van der Waals surface area contributed by atoms with Gasteiger partial charge in [0, 0.05) is 12.2 Å². The van der Waals surface area contributed by atoms with E-state index in [4.69, 9.17) is 5.73 Å². The van der Waals surface area contributed by atoms with Crippen LogP contribution in [0.25, 0.3) is 5.69 Å². The molecule has 1 aromatic carbocycles. The summed E-state index contributed by atoms with van der Waals surface area (Å²) in [4.78, 5) is 0. The molecule has 0 spiro atoms. The first-order valence-electron chi connectivity index (χ1n) is 5.94. The number of benzene rings is 1. The minimum atomic E-state index is -4.51. The van der Waals surface area contributed by atoms with E-state index < -0.39 is 17.7 Å². The quantitative estimate of drug-likeness (QED) is 0.882. The highest BCUT2D eigenvalue weighted by atomic mass is 19.4. The lowest BCUT2D eigenvalue weighted by molar-refractivity contribution is -0.141. The summed E-state index contributed by atoms with van der Waals surface area (Å²) in [6.07, 6.45) is -2.97. The number of halogens is 4. The maximum Gasteiger partial charge on any atom is 0.435 e. The number of nitrogens with zero attached hydrogens (tertiary/aromatic N) is 2. The molecule has 3 nitrogen and oxygen atoms in total. The van der Waals surface area contributed by atoms with Crippen molar-refractivity contribution in [3.63, 3.8) is 0 Å². The number of hydrogen-bond acceptors (Lipinski definition) is 2. The Labute approximate surface area is 113 Å². The maximum absolute atomic E-state index is 13.3. The molecular weight excluding hydrogens is 274 g/mol. The summed E-state index contributed by atoms with van der Waals surface area (Å²) in [7, 11) is 0. The Morgan fingerprint density at radius 3 is 2.55 bits per heavy atom. The Morgan fingerprint density at radius 1 is 1.30 bits per heavy atom. The first-order chi connectivity index (χ1) is 9.27. The van der Waals surface area contributed by atoms with E-state index in [9.17, 15) is 17.6 Å². The van der Waals surface area contributed by atoms with E-state index in [2.05, 4.69) is 5.10 Å². The highest BCUT2D eigenvalue weighted by Gasteiger charge is 2.33. The van der Waals surface area contributed by atoms with Crippen LogP contribution in [-0.4, -0.2) is 15.8 Å². The van der Waals surface area contributed by atoms with Gasteiger partial charge in [-0.3, -0.25) is 0 Å². The summed E-state index contributed by atoms with van der Waals surface area (Å²) in [6.45, 7) is 1.74. The number of hydrogen-bond donors (Lipinski definition) is 1. The summed E-state index contributed by atoms with van der Waals surface area (Å²) < 4.78 is 51.9. The van der Waals surface area contributed by atoms with Gasteiger partial charge in [-0.25, -0.2) is 9.07 Å². The molecule has 0 aliphatic rings. The summed E-state index contributed by atoms with van der Waals surface area (Å²) in [5, 5.41) is 3.48. The van der Waals surface area contributed by atoms with Crippen molar-refractivity contribution >= 4 is 0 Å². The fourth-order valence-corrected chi connectivity index (χ4v) is 1.90. The van der Waals surface area contributed by atoms with E-state index in [0.29, 0.717) is 17.7 Å². The van der Waals surface area contributed by atoms with Crippen LogP contribution in [0.5, 0.6) is 0 Å². The van der Waals surface area contributed by atoms with E-state index >= 15 is 0 Å². The Balaban J connectivity index is 2.44. The molecule has 2 N–H and O–H groups in total. The Hall–Kier alpha value is -1.89. The van der Waals surface area contributed by atoms with Gasteiger partial charge < -0.3 is 5.73 Å². The van der Waals surface area contributed by atoms with Crippen LogP contribution in [0, 0.1) is 5.82 Å². The predicted octanol–water partition coefficient (Wildman–Crippen LogP) is 2.92. The first-order valence-corrected chi connectivity index (χ1v) is 5.94. The van der Waals surface area contributed by atoms with Crippen LogP contribution in [0.4, 0.5) is 17.6 Å². The molecule has 7 heteroatoms. The van der Waals surface area contributed by atoms with Gasteiger partial charge in [-0.2, -0.15) is 18.3 Å². The van der Waals surface area contributed by atoms with Crippen molar-refractivity contribution in [2.75, 3.05) is 0 Å². The molecule has 1 heterocycles. The van der Waals surface area contributed by atoms with Crippen molar-refractivity contribution in [2.24, 2.45) is 5.73 Å². The maximum atomic E-state index is 13.3. The van der Waals surface area contributed by atoms with Gasteiger partial charge in [-0.05, 0) is 43.2 Å². The third-order valence-corrected chi connectivity index (χ3v) is 2.71. The summed E-state index contributed by atoms with van der Waals surface area (Å²) >= 11 is 0. The highest BCUT2D eigenvalue weighted by Crippen LogP contribution is 2.28. The third kappa shape index (κ3) is 3.16. The average Bonchev–Trinajstić information content (AvgIpc) is 2.77. The molecule has 1 unspecified atom stereocenters. The lowest BCUT2D eigenvalue weighted by atomic mass is 10.1. The van der Waals surface area contributed by atoms with Gasteiger partial charge in [0.25, 0.3) is 0 Å². The number of nitrogens with two attached hydrogens (primary N) is 1. The Morgan fingerprint density at radius 2 is 2.00 bits per heavy atom. The van der Waals surface area contributed by atoms with Crippen LogP contribution in [0.2, 0.25) is 0 Å². The minimum Gasteiger partial charge on any atom is -0.328 e.